The van der Waals surface area contributed by atoms with Gasteiger partial charge in [-0.05, 0) is 57.8 Å². The predicted octanol–water partition coefficient (Wildman–Crippen LogP) is 7.83. The van der Waals surface area contributed by atoms with Gasteiger partial charge in [0, 0.05) is 6.42 Å². The van der Waals surface area contributed by atoms with Crippen LogP contribution in [0.4, 0.5) is 0 Å². The number of nitrogens with one attached hydrogen (secondary N) is 1. The second kappa shape index (κ2) is 48.6. The van der Waals surface area contributed by atoms with Gasteiger partial charge in [-0.25, -0.2) is 0 Å². The Balaban J connectivity index is 1.30. The molecule has 12 N–H and O–H groups in total. The SMILES string of the molecule is CCC/C=C/CC/C=C/C(O)C(COC1OC(CO)C(OC2OC(CO)C(OC3OC(CO)C(O)C(O)C3O)C(O)C2O)C(O)C1O)NC(=O)CCCCCCCCCCCCCCCCCCCCCCC/C=C\C/C=C\CCCCCCC. The predicted molar refractivity (Wildman–Crippen MR) is 328 cm³/mol. The minimum Gasteiger partial charge on any atom is -0.394 e. The molecular formula is C66H119NO18. The highest BCUT2D eigenvalue weighted by atomic mass is 16.8. The lowest BCUT2D eigenvalue weighted by atomic mass is 9.96. The first-order chi connectivity index (χ1) is 41.3. The highest BCUT2D eigenvalue weighted by molar-refractivity contribution is 5.76. The number of carbonyl (C=O) groups is 1. The van der Waals surface area contributed by atoms with Crippen molar-refractivity contribution in [2.24, 2.45) is 0 Å². The fraction of sp³-hybridized carbons (Fsp3) is 0.864. The number of carbonyl (C=O) groups excluding carboxylic acids is 1. The van der Waals surface area contributed by atoms with Crippen LogP contribution in [0, 0.1) is 0 Å². The summed E-state index contributed by atoms with van der Waals surface area (Å²) in [5, 5.41) is 120. The van der Waals surface area contributed by atoms with Crippen LogP contribution in [0.1, 0.15) is 232 Å². The number of unbranched alkanes of at least 4 members (excludes halogenated alkanes) is 28. The molecule has 0 bridgehead atoms. The van der Waals surface area contributed by atoms with Crippen molar-refractivity contribution in [2.75, 3.05) is 26.4 Å². The number of hydrogen-bond donors (Lipinski definition) is 12. The fourth-order valence-electron chi connectivity index (χ4n) is 11.1. The summed E-state index contributed by atoms with van der Waals surface area (Å²) in [6.07, 6.45) is 30.4. The standard InChI is InChI=1S/C66H119NO18/c1-3-5-7-9-11-12-13-14-15-16-17-18-19-20-21-22-23-24-25-26-27-28-29-30-31-32-33-34-35-36-38-40-42-44-54(72)67-49(50(71)43-41-39-37-10-8-6-4-2)48-80-64-60(78)57(75)62(52(46-69)82-64)85-66-61(79)58(76)63(53(47-70)83-66)84-65-59(77)56(74)55(73)51(45-68)81-65/h8,10,13-14,16-17,41,43,49-53,55-66,68-71,73-79H,3-7,9,11-12,15,18-40,42,44-48H2,1-2H3,(H,67,72)/b10-8+,14-13-,17-16-,43-41+. The molecule has 0 aromatic carbocycles. The van der Waals surface area contributed by atoms with E-state index in [2.05, 4.69) is 55.6 Å². The zero-order valence-electron chi connectivity index (χ0n) is 52.1. The number of ether oxygens (including phenoxy) is 6. The summed E-state index contributed by atoms with van der Waals surface area (Å²) in [6.45, 7) is 1.57. The second-order valence-corrected chi connectivity index (χ2v) is 23.9. The molecule has 19 heteroatoms. The van der Waals surface area contributed by atoms with Crippen molar-refractivity contribution in [1.82, 2.24) is 5.32 Å². The molecule has 3 fully saturated rings. The van der Waals surface area contributed by atoms with Crippen LogP contribution in [0.15, 0.2) is 48.6 Å². The molecule has 0 aromatic rings. The van der Waals surface area contributed by atoms with Crippen LogP contribution in [0.5, 0.6) is 0 Å². The molecule has 3 rings (SSSR count). The quantitative estimate of drug-likeness (QED) is 0.0204. The van der Waals surface area contributed by atoms with Gasteiger partial charge in [-0.1, -0.05) is 217 Å². The number of aliphatic hydroxyl groups is 11. The van der Waals surface area contributed by atoms with Crippen LogP contribution >= 0.6 is 0 Å². The van der Waals surface area contributed by atoms with Gasteiger partial charge >= 0.3 is 0 Å². The van der Waals surface area contributed by atoms with Crippen LogP contribution in [0.3, 0.4) is 0 Å². The second-order valence-electron chi connectivity index (χ2n) is 23.9. The summed E-state index contributed by atoms with van der Waals surface area (Å²) in [7, 11) is 0. The Morgan fingerprint density at radius 3 is 1.28 bits per heavy atom. The molecule has 3 aliphatic rings. The molecule has 3 heterocycles. The Hall–Kier alpha value is -2.25. The van der Waals surface area contributed by atoms with Gasteiger partial charge in [-0.15, -0.1) is 0 Å². The normalized spacial score (nSPS) is 29.3. The Morgan fingerprint density at radius 2 is 0.812 bits per heavy atom. The molecule has 19 nitrogen and oxygen atoms in total. The van der Waals surface area contributed by atoms with Crippen molar-refractivity contribution in [1.29, 1.82) is 0 Å². The summed E-state index contributed by atoms with van der Waals surface area (Å²) in [4.78, 5) is 13.3. The van der Waals surface area contributed by atoms with Crippen molar-refractivity contribution in [3.8, 4) is 0 Å². The first kappa shape index (κ1) is 77.0. The minimum absolute atomic E-state index is 0.236. The van der Waals surface area contributed by atoms with Gasteiger partial charge in [0.2, 0.25) is 5.91 Å². The lowest BCUT2D eigenvalue weighted by molar-refractivity contribution is -0.379. The molecule has 0 spiro atoms. The van der Waals surface area contributed by atoms with E-state index in [1.54, 1.807) is 6.08 Å². The average Bonchev–Trinajstić information content (AvgIpc) is 2.11. The number of rotatable bonds is 50. The van der Waals surface area contributed by atoms with Crippen molar-refractivity contribution in [3.05, 3.63) is 48.6 Å². The van der Waals surface area contributed by atoms with E-state index < -0.39 is 124 Å². The number of aliphatic hydroxyl groups excluding tert-OH is 11. The third-order valence-corrected chi connectivity index (χ3v) is 16.6. The van der Waals surface area contributed by atoms with E-state index in [0.717, 1.165) is 44.9 Å². The molecule has 0 aromatic heterocycles. The Morgan fingerprint density at radius 1 is 0.424 bits per heavy atom. The summed E-state index contributed by atoms with van der Waals surface area (Å²) in [5.41, 5.74) is 0. The third kappa shape index (κ3) is 31.4. The summed E-state index contributed by atoms with van der Waals surface area (Å²) in [5.74, 6) is -0.289. The molecule has 1 amide bonds. The van der Waals surface area contributed by atoms with Gasteiger partial charge in [0.05, 0.1) is 38.6 Å². The maximum Gasteiger partial charge on any atom is 0.220 e. The van der Waals surface area contributed by atoms with Gasteiger partial charge in [0.15, 0.2) is 18.9 Å². The van der Waals surface area contributed by atoms with E-state index in [4.69, 9.17) is 28.4 Å². The molecule has 0 radical (unpaired) electrons. The largest absolute Gasteiger partial charge is 0.394 e. The Bertz CT molecular complexity index is 1740. The molecule has 3 aliphatic heterocycles. The van der Waals surface area contributed by atoms with Crippen LogP contribution in [-0.2, 0) is 33.2 Å². The molecule has 0 aliphatic carbocycles. The van der Waals surface area contributed by atoms with E-state index in [9.17, 15) is 61.0 Å². The number of hydrogen-bond acceptors (Lipinski definition) is 18. The molecule has 3 saturated heterocycles. The van der Waals surface area contributed by atoms with E-state index >= 15 is 0 Å². The fourth-order valence-corrected chi connectivity index (χ4v) is 11.1. The van der Waals surface area contributed by atoms with E-state index in [0.29, 0.717) is 12.8 Å². The first-order valence-electron chi connectivity index (χ1n) is 33.4. The number of allylic oxidation sites excluding steroid dienone is 7. The Kier molecular flexibility index (Phi) is 44.0. The van der Waals surface area contributed by atoms with Gasteiger partial charge in [-0.2, -0.15) is 0 Å². The first-order valence-corrected chi connectivity index (χ1v) is 33.4. The van der Waals surface area contributed by atoms with E-state index in [1.165, 1.54) is 154 Å². The van der Waals surface area contributed by atoms with E-state index in [-0.39, 0.29) is 18.9 Å². The lowest BCUT2D eigenvalue weighted by Gasteiger charge is -2.48. The highest BCUT2D eigenvalue weighted by Crippen LogP contribution is 2.33. The van der Waals surface area contributed by atoms with Crippen molar-refractivity contribution in [2.45, 2.75) is 336 Å². The van der Waals surface area contributed by atoms with Gasteiger partial charge in [0.25, 0.3) is 0 Å². The molecule has 17 unspecified atom stereocenters. The molecule has 85 heavy (non-hydrogen) atoms. The molecule has 0 saturated carbocycles. The third-order valence-electron chi connectivity index (χ3n) is 16.6. The zero-order valence-corrected chi connectivity index (χ0v) is 52.1. The van der Waals surface area contributed by atoms with Crippen molar-refractivity contribution in [3.63, 3.8) is 0 Å². The topological polar surface area (TPSA) is 307 Å². The zero-order chi connectivity index (χ0) is 61.9. The van der Waals surface area contributed by atoms with Crippen LogP contribution in [0.25, 0.3) is 0 Å². The number of amides is 1. The van der Waals surface area contributed by atoms with Crippen LogP contribution < -0.4 is 5.32 Å². The summed E-state index contributed by atoms with van der Waals surface area (Å²) >= 11 is 0. The molecule has 496 valence electrons. The van der Waals surface area contributed by atoms with Gasteiger partial charge in [-0.3, -0.25) is 4.79 Å². The Labute approximate surface area is 510 Å². The molecular weight excluding hydrogens is 1090 g/mol. The minimum atomic E-state index is -1.98. The maximum absolute atomic E-state index is 13.3. The lowest BCUT2D eigenvalue weighted by Crippen LogP contribution is -2.66. The summed E-state index contributed by atoms with van der Waals surface area (Å²) < 4.78 is 34.1. The van der Waals surface area contributed by atoms with Crippen molar-refractivity contribution < 1.29 is 89.4 Å². The molecule has 17 atom stereocenters. The maximum atomic E-state index is 13.3. The smallest absolute Gasteiger partial charge is 0.220 e. The van der Waals surface area contributed by atoms with Gasteiger partial charge in [0.1, 0.15) is 73.2 Å². The van der Waals surface area contributed by atoms with Crippen LogP contribution in [-0.4, -0.2) is 193 Å². The monoisotopic (exact) mass is 1210 g/mol. The van der Waals surface area contributed by atoms with Gasteiger partial charge < -0.3 is 89.9 Å². The van der Waals surface area contributed by atoms with E-state index in [1.807, 2.05) is 6.08 Å². The summed E-state index contributed by atoms with van der Waals surface area (Å²) in [6, 6.07) is -0.986. The van der Waals surface area contributed by atoms with Crippen molar-refractivity contribution >= 4 is 5.91 Å². The van der Waals surface area contributed by atoms with Crippen LogP contribution in [0.2, 0.25) is 0 Å². The average molecular weight is 1210 g/mol. The highest BCUT2D eigenvalue weighted by Gasteiger charge is 2.53.